The minimum Gasteiger partial charge on any atom is -0.356 e. The van der Waals surface area contributed by atoms with Crippen molar-refractivity contribution in [2.45, 2.75) is 52.6 Å². The molecule has 0 fully saturated rings. The first-order valence-electron chi connectivity index (χ1n) is 7.12. The molecule has 1 heterocycles. The first-order chi connectivity index (χ1) is 9.17. The van der Waals surface area contributed by atoms with Crippen LogP contribution in [0.1, 0.15) is 38.9 Å². The number of halogens is 1. The first-order valence-corrected chi connectivity index (χ1v) is 7.12. The third kappa shape index (κ3) is 7.12. The molecule has 0 saturated carbocycles. The molecule has 0 aliphatic rings. The van der Waals surface area contributed by atoms with Crippen LogP contribution in [-0.2, 0) is 6.54 Å². The summed E-state index contributed by atoms with van der Waals surface area (Å²) in [6.45, 7) is 8.35. The molecule has 0 saturated heterocycles. The molecule has 2 N–H and O–H groups in total. The van der Waals surface area contributed by atoms with Gasteiger partial charge in [0.1, 0.15) is 5.82 Å². The maximum atomic E-state index is 4.22. The molecular weight excluding hydrogens is 365 g/mol. The van der Waals surface area contributed by atoms with E-state index < -0.39 is 0 Å². The van der Waals surface area contributed by atoms with Gasteiger partial charge in [-0.3, -0.25) is 4.99 Å². The molecule has 6 heteroatoms. The van der Waals surface area contributed by atoms with Gasteiger partial charge in [0, 0.05) is 38.6 Å². The highest BCUT2D eigenvalue weighted by molar-refractivity contribution is 14.0. The second-order valence-corrected chi connectivity index (χ2v) is 4.83. The molecule has 1 rings (SSSR count). The quantitative estimate of drug-likeness (QED) is 0.324. The summed E-state index contributed by atoms with van der Waals surface area (Å²) in [4.78, 5) is 8.43. The fourth-order valence-corrected chi connectivity index (χ4v) is 1.78. The summed E-state index contributed by atoms with van der Waals surface area (Å²) in [5, 5.41) is 6.70. The number of aromatic nitrogens is 2. The molecule has 0 aromatic carbocycles. The Labute approximate surface area is 139 Å². The number of aliphatic imine (C=N–C) groups is 1. The maximum absolute atomic E-state index is 4.22. The summed E-state index contributed by atoms with van der Waals surface area (Å²) >= 11 is 0. The molecule has 0 bridgehead atoms. The minimum absolute atomic E-state index is 0. The average molecular weight is 393 g/mol. The SMILES string of the molecule is CCC(C)NC(=NC)NCCCCn1ccnc1C.I. The van der Waals surface area contributed by atoms with E-state index in [2.05, 4.69) is 39.0 Å². The van der Waals surface area contributed by atoms with Crippen molar-refractivity contribution in [2.24, 2.45) is 4.99 Å². The number of guanidine groups is 1. The summed E-state index contributed by atoms with van der Waals surface area (Å²) in [6, 6.07) is 0.458. The van der Waals surface area contributed by atoms with Crippen LogP contribution >= 0.6 is 24.0 Å². The average Bonchev–Trinajstić information content (AvgIpc) is 2.82. The number of unbranched alkanes of at least 4 members (excludes halogenated alkanes) is 1. The van der Waals surface area contributed by atoms with Crippen molar-refractivity contribution < 1.29 is 0 Å². The fourth-order valence-electron chi connectivity index (χ4n) is 1.78. The highest BCUT2D eigenvalue weighted by Gasteiger charge is 2.02. The van der Waals surface area contributed by atoms with Crippen LogP contribution in [-0.4, -0.2) is 35.1 Å². The van der Waals surface area contributed by atoms with Crippen molar-refractivity contribution in [3.63, 3.8) is 0 Å². The van der Waals surface area contributed by atoms with Gasteiger partial charge in [0.2, 0.25) is 0 Å². The van der Waals surface area contributed by atoms with Crippen LogP contribution in [0.25, 0.3) is 0 Å². The van der Waals surface area contributed by atoms with Crippen molar-refractivity contribution in [3.8, 4) is 0 Å². The Morgan fingerprint density at radius 1 is 1.45 bits per heavy atom. The molecule has 0 amide bonds. The second kappa shape index (κ2) is 10.9. The zero-order valence-electron chi connectivity index (χ0n) is 13.0. The van der Waals surface area contributed by atoms with Gasteiger partial charge in [-0.1, -0.05) is 6.92 Å². The van der Waals surface area contributed by atoms with Crippen LogP contribution in [0.2, 0.25) is 0 Å². The first kappa shape index (κ1) is 19.2. The summed E-state index contributed by atoms with van der Waals surface area (Å²) in [5.41, 5.74) is 0. The van der Waals surface area contributed by atoms with Gasteiger partial charge < -0.3 is 15.2 Å². The fraction of sp³-hybridized carbons (Fsp3) is 0.714. The Bertz CT molecular complexity index is 389. The third-order valence-electron chi connectivity index (χ3n) is 3.26. The lowest BCUT2D eigenvalue weighted by Gasteiger charge is -2.16. The molecule has 1 atom stereocenters. The largest absolute Gasteiger partial charge is 0.356 e. The summed E-state index contributed by atoms with van der Waals surface area (Å²) in [7, 11) is 1.81. The minimum atomic E-state index is 0. The van der Waals surface area contributed by atoms with Gasteiger partial charge >= 0.3 is 0 Å². The van der Waals surface area contributed by atoms with E-state index in [4.69, 9.17) is 0 Å². The molecule has 1 unspecified atom stereocenters. The van der Waals surface area contributed by atoms with Crippen LogP contribution in [0, 0.1) is 6.92 Å². The summed E-state index contributed by atoms with van der Waals surface area (Å²) in [5.74, 6) is 1.98. The standard InChI is InChI=1S/C14H27N5.HI/c1-5-12(2)18-14(15-4)17-8-6-7-10-19-11-9-16-13(19)3;/h9,11-12H,5-8,10H2,1-4H3,(H2,15,17,18);1H. The van der Waals surface area contributed by atoms with E-state index in [9.17, 15) is 0 Å². The Morgan fingerprint density at radius 2 is 2.20 bits per heavy atom. The van der Waals surface area contributed by atoms with Crippen LogP contribution in [0.3, 0.4) is 0 Å². The molecule has 0 spiro atoms. The van der Waals surface area contributed by atoms with Crippen molar-refractivity contribution in [3.05, 3.63) is 18.2 Å². The monoisotopic (exact) mass is 393 g/mol. The van der Waals surface area contributed by atoms with E-state index in [-0.39, 0.29) is 24.0 Å². The van der Waals surface area contributed by atoms with Gasteiger partial charge in [-0.05, 0) is 33.1 Å². The molecule has 0 aliphatic heterocycles. The van der Waals surface area contributed by atoms with E-state index in [0.29, 0.717) is 6.04 Å². The van der Waals surface area contributed by atoms with Gasteiger partial charge in [0.15, 0.2) is 5.96 Å². The molecule has 1 aromatic heterocycles. The number of aryl methyl sites for hydroxylation is 2. The predicted octanol–water partition coefficient (Wildman–Crippen LogP) is 2.55. The number of rotatable bonds is 7. The number of imidazole rings is 1. The summed E-state index contributed by atoms with van der Waals surface area (Å²) < 4.78 is 2.19. The predicted molar refractivity (Wildman–Crippen MR) is 95.9 cm³/mol. The van der Waals surface area contributed by atoms with Gasteiger partial charge in [-0.2, -0.15) is 0 Å². The zero-order chi connectivity index (χ0) is 14.1. The van der Waals surface area contributed by atoms with E-state index in [1.54, 1.807) is 0 Å². The molecule has 0 radical (unpaired) electrons. The van der Waals surface area contributed by atoms with Crippen molar-refractivity contribution in [1.82, 2.24) is 20.2 Å². The normalized spacial score (nSPS) is 12.7. The van der Waals surface area contributed by atoms with Crippen molar-refractivity contribution in [1.29, 1.82) is 0 Å². The van der Waals surface area contributed by atoms with E-state index >= 15 is 0 Å². The van der Waals surface area contributed by atoms with E-state index in [1.165, 1.54) is 0 Å². The number of hydrogen-bond donors (Lipinski definition) is 2. The lowest BCUT2D eigenvalue weighted by atomic mass is 10.3. The molecule has 1 aromatic rings. The maximum Gasteiger partial charge on any atom is 0.191 e. The van der Waals surface area contributed by atoms with Gasteiger partial charge in [-0.25, -0.2) is 4.98 Å². The molecule has 0 aliphatic carbocycles. The van der Waals surface area contributed by atoms with Gasteiger partial charge in [0.05, 0.1) is 0 Å². The van der Waals surface area contributed by atoms with E-state index in [1.807, 2.05) is 26.4 Å². The van der Waals surface area contributed by atoms with Crippen LogP contribution in [0.5, 0.6) is 0 Å². The van der Waals surface area contributed by atoms with Crippen molar-refractivity contribution >= 4 is 29.9 Å². The topological polar surface area (TPSA) is 54.2 Å². The molecule has 20 heavy (non-hydrogen) atoms. The molecule has 5 nitrogen and oxygen atoms in total. The van der Waals surface area contributed by atoms with Gasteiger partial charge in [0.25, 0.3) is 0 Å². The smallest absolute Gasteiger partial charge is 0.191 e. The zero-order valence-corrected chi connectivity index (χ0v) is 15.3. The van der Waals surface area contributed by atoms with E-state index in [0.717, 1.165) is 44.1 Å². The van der Waals surface area contributed by atoms with Crippen LogP contribution in [0.4, 0.5) is 0 Å². The Balaban J connectivity index is 0.00000361. The molecule has 116 valence electrons. The highest BCUT2D eigenvalue weighted by atomic mass is 127. The third-order valence-corrected chi connectivity index (χ3v) is 3.26. The Kier molecular flexibility index (Phi) is 10.5. The molecular formula is C14H28IN5. The van der Waals surface area contributed by atoms with Crippen LogP contribution < -0.4 is 10.6 Å². The lowest BCUT2D eigenvalue weighted by Crippen LogP contribution is -2.42. The number of nitrogens with zero attached hydrogens (tertiary/aromatic N) is 3. The second-order valence-electron chi connectivity index (χ2n) is 4.83. The summed E-state index contributed by atoms with van der Waals surface area (Å²) in [6.07, 6.45) is 7.25. The lowest BCUT2D eigenvalue weighted by molar-refractivity contribution is 0.580. The highest BCUT2D eigenvalue weighted by Crippen LogP contribution is 1.99. The van der Waals surface area contributed by atoms with Crippen LogP contribution in [0.15, 0.2) is 17.4 Å². The Morgan fingerprint density at radius 3 is 2.75 bits per heavy atom. The Hall–Kier alpha value is -0.790. The van der Waals surface area contributed by atoms with Crippen molar-refractivity contribution in [2.75, 3.05) is 13.6 Å². The van der Waals surface area contributed by atoms with Gasteiger partial charge in [-0.15, -0.1) is 24.0 Å². The number of hydrogen-bond acceptors (Lipinski definition) is 2. The number of nitrogens with one attached hydrogen (secondary N) is 2.